The van der Waals surface area contributed by atoms with Crippen molar-refractivity contribution in [3.63, 3.8) is 0 Å². The molecule has 0 radical (unpaired) electrons. The van der Waals surface area contributed by atoms with E-state index in [2.05, 4.69) is 15.2 Å². The van der Waals surface area contributed by atoms with Crippen LogP contribution in [0.1, 0.15) is 16.5 Å². The lowest BCUT2D eigenvalue weighted by atomic mass is 10.2. The molecule has 3 heterocycles. The molecule has 0 saturated carbocycles. The van der Waals surface area contributed by atoms with Crippen LogP contribution in [0.3, 0.4) is 0 Å². The highest BCUT2D eigenvalue weighted by atomic mass is 32.2. The summed E-state index contributed by atoms with van der Waals surface area (Å²) in [6.45, 7) is 2.62. The van der Waals surface area contributed by atoms with E-state index >= 15 is 0 Å². The van der Waals surface area contributed by atoms with E-state index in [1.807, 2.05) is 47.9 Å². The number of carbonyl (C=O) groups is 1. The first kappa shape index (κ1) is 22.6. The molecule has 0 N–H and O–H groups in total. The van der Waals surface area contributed by atoms with Crippen molar-refractivity contribution >= 4 is 29.4 Å². The molecular formula is C25H22FN5OS2. The van der Waals surface area contributed by atoms with Gasteiger partial charge in [0.25, 0.3) is 0 Å². The van der Waals surface area contributed by atoms with Crippen LogP contribution >= 0.6 is 23.5 Å². The van der Waals surface area contributed by atoms with E-state index in [1.54, 1.807) is 47.3 Å². The van der Waals surface area contributed by atoms with Crippen molar-refractivity contribution in [2.24, 2.45) is 0 Å². The van der Waals surface area contributed by atoms with Gasteiger partial charge in [0.2, 0.25) is 5.91 Å². The molecule has 4 aromatic rings. The topological polar surface area (TPSA) is 63.9 Å². The summed E-state index contributed by atoms with van der Waals surface area (Å²) in [5, 5.41) is 9.15. The molecule has 1 aliphatic rings. The Labute approximate surface area is 205 Å². The molecule has 9 heteroatoms. The molecule has 2 aromatic heterocycles. The van der Waals surface area contributed by atoms with Gasteiger partial charge in [-0.05, 0) is 36.8 Å². The molecule has 1 saturated heterocycles. The number of hydrogen-bond acceptors (Lipinski definition) is 6. The fourth-order valence-electron chi connectivity index (χ4n) is 3.94. The summed E-state index contributed by atoms with van der Waals surface area (Å²) >= 11 is 2.92. The number of thioether (sulfide) groups is 2. The van der Waals surface area contributed by atoms with E-state index in [-0.39, 0.29) is 22.9 Å². The second-order valence-corrected chi connectivity index (χ2v) is 9.92. The highest BCUT2D eigenvalue weighted by molar-refractivity contribution is 8.00. The van der Waals surface area contributed by atoms with Gasteiger partial charge in [-0.1, -0.05) is 48.2 Å². The number of halogens is 1. The standard InChI is InChI=1S/C25H22FN5OS2/c1-17-7-2-5-11-21(17)31-23(18-8-6-12-27-15-18)28-29-25(31)34-16-22(32)30-13-14-33-24(30)19-9-3-4-10-20(19)26/h2-12,15,24H,13-14,16H2,1H3/t24-/m1/s1. The Morgan fingerprint density at radius 1 is 1.12 bits per heavy atom. The molecule has 1 fully saturated rings. The fraction of sp³-hybridized carbons (Fsp3) is 0.200. The first-order valence-corrected chi connectivity index (χ1v) is 12.9. The third-order valence-electron chi connectivity index (χ3n) is 5.62. The number of rotatable bonds is 6. The van der Waals surface area contributed by atoms with Crippen molar-refractivity contribution in [2.75, 3.05) is 18.1 Å². The SMILES string of the molecule is Cc1ccccc1-n1c(SCC(=O)N2CCS[C@@H]2c2ccccc2F)nnc1-c1cccnc1. The Balaban J connectivity index is 1.42. The van der Waals surface area contributed by atoms with Crippen LogP contribution in [0.2, 0.25) is 0 Å². The molecule has 0 bridgehead atoms. The van der Waals surface area contributed by atoms with Gasteiger partial charge in [0.1, 0.15) is 11.2 Å². The quantitative estimate of drug-likeness (QED) is 0.348. The van der Waals surface area contributed by atoms with Crippen molar-refractivity contribution in [3.8, 4) is 17.1 Å². The largest absolute Gasteiger partial charge is 0.325 e. The molecule has 1 amide bonds. The van der Waals surface area contributed by atoms with Crippen molar-refractivity contribution < 1.29 is 9.18 Å². The van der Waals surface area contributed by atoms with Crippen LogP contribution in [0.15, 0.2) is 78.2 Å². The van der Waals surface area contributed by atoms with Crippen LogP contribution in [-0.2, 0) is 4.79 Å². The van der Waals surface area contributed by atoms with Crippen molar-refractivity contribution in [3.05, 3.63) is 90.0 Å². The zero-order valence-corrected chi connectivity index (χ0v) is 20.1. The number of amides is 1. The molecule has 0 unspecified atom stereocenters. The van der Waals surface area contributed by atoms with E-state index in [0.717, 1.165) is 22.6 Å². The molecular weight excluding hydrogens is 469 g/mol. The lowest BCUT2D eigenvalue weighted by Crippen LogP contribution is -2.32. The summed E-state index contributed by atoms with van der Waals surface area (Å²) in [5.41, 5.74) is 3.40. The predicted octanol–water partition coefficient (Wildman–Crippen LogP) is 5.14. The van der Waals surface area contributed by atoms with Gasteiger partial charge in [-0.15, -0.1) is 22.0 Å². The summed E-state index contributed by atoms with van der Waals surface area (Å²) in [6, 6.07) is 18.4. The predicted molar refractivity (Wildman–Crippen MR) is 133 cm³/mol. The van der Waals surface area contributed by atoms with E-state index in [1.165, 1.54) is 17.8 Å². The number of benzene rings is 2. The Kier molecular flexibility index (Phi) is 6.64. The number of carbonyl (C=O) groups excluding carboxylic acids is 1. The highest BCUT2D eigenvalue weighted by Gasteiger charge is 2.32. The van der Waals surface area contributed by atoms with Gasteiger partial charge in [0, 0.05) is 35.8 Å². The van der Waals surface area contributed by atoms with Crippen molar-refractivity contribution in [2.45, 2.75) is 17.5 Å². The van der Waals surface area contributed by atoms with Crippen LogP contribution in [0.25, 0.3) is 17.1 Å². The third kappa shape index (κ3) is 4.45. The minimum Gasteiger partial charge on any atom is -0.325 e. The second-order valence-electron chi connectivity index (χ2n) is 7.79. The van der Waals surface area contributed by atoms with Gasteiger partial charge in [-0.3, -0.25) is 14.3 Å². The molecule has 34 heavy (non-hydrogen) atoms. The summed E-state index contributed by atoms with van der Waals surface area (Å²) in [4.78, 5) is 19.2. The fourth-order valence-corrected chi connectivity index (χ4v) is 6.07. The number of nitrogens with zero attached hydrogens (tertiary/aromatic N) is 5. The van der Waals surface area contributed by atoms with E-state index in [0.29, 0.717) is 23.1 Å². The Hall–Kier alpha value is -3.17. The van der Waals surface area contributed by atoms with Gasteiger partial charge in [-0.2, -0.15) is 0 Å². The van der Waals surface area contributed by atoms with Crippen LogP contribution < -0.4 is 0 Å². The molecule has 1 atom stereocenters. The lowest BCUT2D eigenvalue weighted by molar-refractivity contribution is -0.128. The Morgan fingerprint density at radius 2 is 1.94 bits per heavy atom. The zero-order chi connectivity index (χ0) is 23.5. The average molecular weight is 492 g/mol. The normalized spacial score (nSPS) is 15.6. The first-order valence-electron chi connectivity index (χ1n) is 10.8. The molecule has 0 spiro atoms. The number of hydrogen-bond donors (Lipinski definition) is 0. The summed E-state index contributed by atoms with van der Waals surface area (Å²) in [7, 11) is 0. The highest BCUT2D eigenvalue weighted by Crippen LogP contribution is 2.39. The molecule has 0 aliphatic carbocycles. The maximum absolute atomic E-state index is 14.4. The number of aromatic nitrogens is 4. The first-order chi connectivity index (χ1) is 16.6. The molecule has 6 nitrogen and oxygen atoms in total. The van der Waals surface area contributed by atoms with Gasteiger partial charge in [0.15, 0.2) is 11.0 Å². The van der Waals surface area contributed by atoms with Crippen molar-refractivity contribution in [1.29, 1.82) is 0 Å². The van der Waals surface area contributed by atoms with Crippen LogP contribution in [-0.4, -0.2) is 48.6 Å². The minimum atomic E-state index is -0.311. The lowest BCUT2D eigenvalue weighted by Gasteiger charge is -2.24. The number of pyridine rings is 1. The monoisotopic (exact) mass is 491 g/mol. The smallest absolute Gasteiger partial charge is 0.234 e. The molecule has 1 aliphatic heterocycles. The minimum absolute atomic E-state index is 0.0504. The maximum atomic E-state index is 14.4. The maximum Gasteiger partial charge on any atom is 0.234 e. The van der Waals surface area contributed by atoms with Gasteiger partial charge in [-0.25, -0.2) is 4.39 Å². The van der Waals surface area contributed by atoms with Crippen LogP contribution in [0.4, 0.5) is 4.39 Å². The summed E-state index contributed by atoms with van der Waals surface area (Å²) in [6.07, 6.45) is 3.46. The molecule has 5 rings (SSSR count). The average Bonchev–Trinajstić information content (AvgIpc) is 3.51. The molecule has 172 valence electrons. The van der Waals surface area contributed by atoms with Crippen LogP contribution in [0.5, 0.6) is 0 Å². The van der Waals surface area contributed by atoms with Crippen molar-refractivity contribution in [1.82, 2.24) is 24.6 Å². The van der Waals surface area contributed by atoms with E-state index in [9.17, 15) is 9.18 Å². The number of aryl methyl sites for hydroxylation is 1. The summed E-state index contributed by atoms with van der Waals surface area (Å²) in [5.74, 6) is 1.29. The van der Waals surface area contributed by atoms with Gasteiger partial charge >= 0.3 is 0 Å². The van der Waals surface area contributed by atoms with E-state index in [4.69, 9.17) is 0 Å². The Morgan fingerprint density at radius 3 is 2.74 bits per heavy atom. The van der Waals surface area contributed by atoms with Crippen LogP contribution in [0, 0.1) is 12.7 Å². The second kappa shape index (κ2) is 9.99. The third-order valence-corrected chi connectivity index (χ3v) is 7.77. The molecule has 2 aromatic carbocycles. The number of para-hydroxylation sites is 1. The van der Waals surface area contributed by atoms with Gasteiger partial charge < -0.3 is 4.90 Å². The van der Waals surface area contributed by atoms with E-state index < -0.39 is 0 Å². The Bertz CT molecular complexity index is 1310. The zero-order valence-electron chi connectivity index (χ0n) is 18.5. The summed E-state index contributed by atoms with van der Waals surface area (Å²) < 4.78 is 16.4. The van der Waals surface area contributed by atoms with Gasteiger partial charge in [0.05, 0.1) is 11.4 Å².